The molecule has 0 saturated carbocycles. The van der Waals surface area contributed by atoms with Crippen molar-refractivity contribution in [2.75, 3.05) is 11.9 Å². The maximum Gasteiger partial charge on any atom is 0.269 e. The number of fused-ring (bicyclic) bond motifs is 1. The van der Waals surface area contributed by atoms with Crippen LogP contribution in [0, 0.1) is 0 Å². The number of aromatic nitrogens is 1. The zero-order valence-corrected chi connectivity index (χ0v) is 11.6. The average molecular weight is 271 g/mol. The molecule has 1 aromatic carbocycles. The van der Waals surface area contributed by atoms with E-state index in [4.69, 9.17) is 0 Å². The Labute approximate surface area is 117 Å². The van der Waals surface area contributed by atoms with Crippen molar-refractivity contribution in [3.8, 4) is 0 Å². The van der Waals surface area contributed by atoms with Gasteiger partial charge in [0.15, 0.2) is 0 Å². The van der Waals surface area contributed by atoms with Crippen molar-refractivity contribution in [1.82, 2.24) is 10.3 Å². The second-order valence-electron chi connectivity index (χ2n) is 4.54. The van der Waals surface area contributed by atoms with Gasteiger partial charge in [-0.25, -0.2) is 4.98 Å². The Morgan fingerprint density at radius 2 is 2.00 bits per heavy atom. The van der Waals surface area contributed by atoms with Crippen LogP contribution in [-0.4, -0.2) is 23.3 Å². The van der Waals surface area contributed by atoms with Crippen molar-refractivity contribution in [3.05, 3.63) is 36.0 Å². The van der Waals surface area contributed by atoms with E-state index in [-0.39, 0.29) is 11.8 Å². The van der Waals surface area contributed by atoms with Gasteiger partial charge in [-0.2, -0.15) is 0 Å². The molecule has 5 heteroatoms. The molecule has 2 aromatic rings. The summed E-state index contributed by atoms with van der Waals surface area (Å²) in [7, 11) is 0. The van der Waals surface area contributed by atoms with Crippen molar-refractivity contribution in [3.63, 3.8) is 0 Å². The fraction of sp³-hybridized carbons (Fsp3) is 0.267. The van der Waals surface area contributed by atoms with Crippen LogP contribution in [0.15, 0.2) is 30.3 Å². The lowest BCUT2D eigenvalue weighted by Gasteiger charge is -2.06. The lowest BCUT2D eigenvalue weighted by atomic mass is 10.1. The zero-order chi connectivity index (χ0) is 14.5. The first kappa shape index (κ1) is 14.0. The Hall–Kier alpha value is -2.43. The number of hydrogen-bond acceptors (Lipinski definition) is 3. The van der Waals surface area contributed by atoms with Crippen molar-refractivity contribution >= 4 is 28.4 Å². The van der Waals surface area contributed by atoms with Gasteiger partial charge in [-0.1, -0.05) is 13.0 Å². The molecular formula is C15H17N3O2. The lowest BCUT2D eigenvalue weighted by Crippen LogP contribution is -2.24. The molecule has 2 rings (SSSR count). The maximum absolute atomic E-state index is 11.8. The minimum Gasteiger partial charge on any atom is -0.351 e. The average Bonchev–Trinajstić information content (AvgIpc) is 2.43. The Morgan fingerprint density at radius 3 is 2.70 bits per heavy atom. The van der Waals surface area contributed by atoms with E-state index < -0.39 is 0 Å². The summed E-state index contributed by atoms with van der Waals surface area (Å²) >= 11 is 0. The molecule has 0 aliphatic carbocycles. The van der Waals surface area contributed by atoms with Gasteiger partial charge in [-0.15, -0.1) is 0 Å². The van der Waals surface area contributed by atoms with Crippen LogP contribution in [0.4, 0.5) is 5.69 Å². The standard InChI is InChI=1S/C15H17N3O2/c1-3-8-16-15(20)14-6-4-11-9-12(17-10(2)19)5-7-13(11)18-14/h4-7,9H,3,8H2,1-2H3,(H,16,20)(H,17,19). The van der Waals surface area contributed by atoms with Gasteiger partial charge in [0, 0.05) is 24.5 Å². The molecule has 0 saturated heterocycles. The van der Waals surface area contributed by atoms with Gasteiger partial charge in [0.2, 0.25) is 5.91 Å². The molecule has 0 spiro atoms. The Morgan fingerprint density at radius 1 is 1.20 bits per heavy atom. The van der Waals surface area contributed by atoms with Gasteiger partial charge in [0.1, 0.15) is 5.69 Å². The molecule has 0 unspecified atom stereocenters. The fourth-order valence-electron chi connectivity index (χ4n) is 1.86. The van der Waals surface area contributed by atoms with Gasteiger partial charge in [-0.3, -0.25) is 9.59 Å². The monoisotopic (exact) mass is 271 g/mol. The highest BCUT2D eigenvalue weighted by atomic mass is 16.2. The molecule has 0 bridgehead atoms. The van der Waals surface area contributed by atoms with Gasteiger partial charge in [-0.05, 0) is 30.7 Å². The third kappa shape index (κ3) is 3.32. The summed E-state index contributed by atoms with van der Waals surface area (Å²) in [6.07, 6.45) is 0.888. The molecule has 0 aliphatic heterocycles. The number of amides is 2. The minimum atomic E-state index is -0.167. The van der Waals surface area contributed by atoms with E-state index in [2.05, 4.69) is 15.6 Å². The summed E-state index contributed by atoms with van der Waals surface area (Å²) in [5, 5.41) is 6.39. The fourth-order valence-corrected chi connectivity index (χ4v) is 1.86. The third-order valence-electron chi connectivity index (χ3n) is 2.78. The van der Waals surface area contributed by atoms with Crippen LogP contribution in [0.2, 0.25) is 0 Å². The summed E-state index contributed by atoms with van der Waals surface area (Å²) in [5.41, 5.74) is 1.84. The van der Waals surface area contributed by atoms with Crippen molar-refractivity contribution in [1.29, 1.82) is 0 Å². The highest BCUT2D eigenvalue weighted by molar-refractivity contribution is 5.96. The van der Waals surface area contributed by atoms with Crippen LogP contribution in [-0.2, 0) is 4.79 Å². The summed E-state index contributed by atoms with van der Waals surface area (Å²) in [6, 6.07) is 8.90. The Kier molecular flexibility index (Phi) is 4.30. The number of carbonyl (C=O) groups is 2. The largest absolute Gasteiger partial charge is 0.351 e. The number of carbonyl (C=O) groups excluding carboxylic acids is 2. The molecule has 0 atom stereocenters. The summed E-state index contributed by atoms with van der Waals surface area (Å²) in [4.78, 5) is 27.2. The van der Waals surface area contributed by atoms with Crippen molar-refractivity contribution in [2.24, 2.45) is 0 Å². The SMILES string of the molecule is CCCNC(=O)c1ccc2cc(NC(C)=O)ccc2n1. The first-order valence-corrected chi connectivity index (χ1v) is 6.56. The Bertz CT molecular complexity index is 653. The molecule has 0 fully saturated rings. The number of hydrogen-bond donors (Lipinski definition) is 2. The first-order valence-electron chi connectivity index (χ1n) is 6.56. The molecular weight excluding hydrogens is 254 g/mol. The van der Waals surface area contributed by atoms with Gasteiger partial charge < -0.3 is 10.6 Å². The van der Waals surface area contributed by atoms with E-state index in [1.165, 1.54) is 6.92 Å². The second kappa shape index (κ2) is 6.14. The second-order valence-corrected chi connectivity index (χ2v) is 4.54. The molecule has 0 radical (unpaired) electrons. The van der Waals surface area contributed by atoms with Crippen LogP contribution >= 0.6 is 0 Å². The number of nitrogens with zero attached hydrogens (tertiary/aromatic N) is 1. The predicted octanol–water partition coefficient (Wildman–Crippen LogP) is 2.33. The highest BCUT2D eigenvalue weighted by Gasteiger charge is 2.07. The van der Waals surface area contributed by atoms with Gasteiger partial charge in [0.25, 0.3) is 5.91 Å². The summed E-state index contributed by atoms with van der Waals surface area (Å²) < 4.78 is 0. The maximum atomic E-state index is 11.8. The van der Waals surface area contributed by atoms with Crippen LogP contribution < -0.4 is 10.6 Å². The third-order valence-corrected chi connectivity index (χ3v) is 2.78. The van der Waals surface area contributed by atoms with E-state index in [1.54, 1.807) is 18.2 Å². The van der Waals surface area contributed by atoms with Crippen LogP contribution in [0.1, 0.15) is 30.8 Å². The van der Waals surface area contributed by atoms with Gasteiger partial charge in [0.05, 0.1) is 5.52 Å². The molecule has 5 nitrogen and oxygen atoms in total. The van der Waals surface area contributed by atoms with E-state index in [9.17, 15) is 9.59 Å². The molecule has 1 aromatic heterocycles. The summed E-state index contributed by atoms with van der Waals surface area (Å²) in [6.45, 7) is 4.10. The molecule has 1 heterocycles. The molecule has 0 aliphatic rings. The highest BCUT2D eigenvalue weighted by Crippen LogP contribution is 2.18. The van der Waals surface area contributed by atoms with Crippen LogP contribution in [0.5, 0.6) is 0 Å². The molecule has 20 heavy (non-hydrogen) atoms. The van der Waals surface area contributed by atoms with E-state index in [0.717, 1.165) is 23.0 Å². The van der Waals surface area contributed by atoms with Crippen LogP contribution in [0.3, 0.4) is 0 Å². The smallest absolute Gasteiger partial charge is 0.269 e. The predicted molar refractivity (Wildman–Crippen MR) is 78.7 cm³/mol. The molecule has 2 amide bonds. The lowest BCUT2D eigenvalue weighted by molar-refractivity contribution is -0.114. The molecule has 104 valence electrons. The molecule has 2 N–H and O–H groups in total. The van der Waals surface area contributed by atoms with Crippen molar-refractivity contribution < 1.29 is 9.59 Å². The number of benzene rings is 1. The van der Waals surface area contributed by atoms with Crippen molar-refractivity contribution in [2.45, 2.75) is 20.3 Å². The zero-order valence-electron chi connectivity index (χ0n) is 11.6. The Balaban J connectivity index is 2.26. The summed E-state index contributed by atoms with van der Waals surface area (Å²) in [5.74, 6) is -0.285. The number of nitrogens with one attached hydrogen (secondary N) is 2. The quantitative estimate of drug-likeness (QED) is 0.896. The first-order chi connectivity index (χ1) is 9.60. The number of anilines is 1. The van der Waals surface area contributed by atoms with E-state index in [1.807, 2.05) is 19.1 Å². The topological polar surface area (TPSA) is 71.1 Å². The minimum absolute atomic E-state index is 0.118. The number of rotatable bonds is 4. The van der Waals surface area contributed by atoms with E-state index in [0.29, 0.717) is 12.2 Å². The van der Waals surface area contributed by atoms with Gasteiger partial charge >= 0.3 is 0 Å². The van der Waals surface area contributed by atoms with E-state index >= 15 is 0 Å². The number of pyridine rings is 1. The van der Waals surface area contributed by atoms with Crippen LogP contribution in [0.25, 0.3) is 10.9 Å². The normalized spacial score (nSPS) is 10.3.